The van der Waals surface area contributed by atoms with Crippen LogP contribution in [0.3, 0.4) is 0 Å². The Hall–Kier alpha value is -2.08. The zero-order chi connectivity index (χ0) is 13.0. The van der Waals surface area contributed by atoms with Gasteiger partial charge in [0.1, 0.15) is 0 Å². The minimum absolute atomic E-state index is 0.156. The smallest absolute Gasteiger partial charge is 0.417 e. The average molecular weight is 250 g/mol. The molecule has 1 heterocycles. The summed E-state index contributed by atoms with van der Waals surface area (Å²) in [5.41, 5.74) is 2.10. The lowest BCUT2D eigenvalue weighted by molar-refractivity contribution is -0.142. The number of aromatic nitrogens is 1. The van der Waals surface area contributed by atoms with Gasteiger partial charge in [-0.25, -0.2) is 4.79 Å². The third-order valence-corrected chi connectivity index (χ3v) is 2.39. The molecule has 1 aromatic heterocycles. The Kier molecular flexibility index (Phi) is 3.78. The molecule has 2 N–H and O–H groups in total. The molecule has 1 aromatic carbocycles. The molecular formula is C12H14N2O4. The predicted octanol–water partition coefficient (Wildman–Crippen LogP) is 0.774. The lowest BCUT2D eigenvalue weighted by Gasteiger charge is -2.04. The van der Waals surface area contributed by atoms with Crippen molar-refractivity contribution in [1.29, 1.82) is 0 Å². The number of ether oxygens (including phenoxy) is 1. The molecule has 18 heavy (non-hydrogen) atoms. The zero-order valence-corrected chi connectivity index (χ0v) is 9.99. The second-order valence-corrected chi connectivity index (χ2v) is 3.75. The van der Waals surface area contributed by atoms with Gasteiger partial charge in [0.05, 0.1) is 18.7 Å². The normalized spacial score (nSPS) is 10.7. The van der Waals surface area contributed by atoms with Gasteiger partial charge >= 0.3 is 11.7 Å². The molecule has 0 bridgehead atoms. The van der Waals surface area contributed by atoms with Gasteiger partial charge in [-0.1, -0.05) is 6.07 Å². The van der Waals surface area contributed by atoms with Crippen LogP contribution < -0.4 is 11.1 Å². The fourth-order valence-corrected chi connectivity index (χ4v) is 1.62. The van der Waals surface area contributed by atoms with Gasteiger partial charge in [0.2, 0.25) is 0 Å². The van der Waals surface area contributed by atoms with Crippen molar-refractivity contribution in [1.82, 2.24) is 10.3 Å². The maximum absolute atomic E-state index is 11.1. The van der Waals surface area contributed by atoms with E-state index in [2.05, 4.69) is 10.3 Å². The van der Waals surface area contributed by atoms with E-state index in [0.717, 1.165) is 5.56 Å². The Balaban J connectivity index is 1.95. The highest BCUT2D eigenvalue weighted by atomic mass is 16.5. The summed E-state index contributed by atoms with van der Waals surface area (Å²) in [5.74, 6) is -0.756. The lowest BCUT2D eigenvalue weighted by Crippen LogP contribution is -2.24. The van der Waals surface area contributed by atoms with E-state index in [1.165, 1.54) is 0 Å². The monoisotopic (exact) mass is 250 g/mol. The molecule has 96 valence electrons. The van der Waals surface area contributed by atoms with E-state index < -0.39 is 5.76 Å². The molecule has 0 aliphatic rings. The van der Waals surface area contributed by atoms with Crippen molar-refractivity contribution < 1.29 is 13.9 Å². The second kappa shape index (κ2) is 5.50. The number of hydrogen-bond acceptors (Lipinski definition) is 5. The van der Waals surface area contributed by atoms with Crippen LogP contribution >= 0.6 is 0 Å². The number of rotatable bonds is 5. The number of hydrogen-bond donors (Lipinski definition) is 2. The number of nitrogens with one attached hydrogen (secondary N) is 2. The number of benzene rings is 1. The largest absolute Gasteiger partial charge is 0.465 e. The first-order valence-electron chi connectivity index (χ1n) is 5.67. The maximum atomic E-state index is 11.1. The van der Waals surface area contributed by atoms with Gasteiger partial charge in [0.25, 0.3) is 0 Å². The van der Waals surface area contributed by atoms with Crippen LogP contribution in [0.5, 0.6) is 0 Å². The van der Waals surface area contributed by atoms with Crippen molar-refractivity contribution in [3.63, 3.8) is 0 Å². The summed E-state index contributed by atoms with van der Waals surface area (Å²) >= 11 is 0. The molecule has 2 rings (SSSR count). The number of oxazole rings is 1. The fraction of sp³-hybridized carbons (Fsp3) is 0.333. The Morgan fingerprint density at radius 3 is 3.11 bits per heavy atom. The molecule has 0 radical (unpaired) electrons. The summed E-state index contributed by atoms with van der Waals surface area (Å²) in [4.78, 5) is 24.6. The van der Waals surface area contributed by atoms with Crippen LogP contribution in [0, 0.1) is 0 Å². The third kappa shape index (κ3) is 2.98. The standard InChI is InChI=1S/C12H14N2O4/c1-2-17-11(15)7-13-6-8-3-4-9-10(5-8)18-12(16)14-9/h3-5,13H,2,6-7H2,1H3,(H,14,16). The van der Waals surface area contributed by atoms with E-state index in [4.69, 9.17) is 9.15 Å². The van der Waals surface area contributed by atoms with Gasteiger partial charge in [-0.15, -0.1) is 0 Å². The van der Waals surface area contributed by atoms with E-state index in [0.29, 0.717) is 24.3 Å². The Morgan fingerprint density at radius 2 is 2.33 bits per heavy atom. The molecule has 0 saturated carbocycles. The Labute approximate surface area is 103 Å². The molecule has 0 aliphatic carbocycles. The van der Waals surface area contributed by atoms with Crippen LogP contribution in [0.25, 0.3) is 11.1 Å². The Morgan fingerprint density at radius 1 is 1.50 bits per heavy atom. The third-order valence-electron chi connectivity index (χ3n) is 2.39. The molecule has 2 aromatic rings. The minimum atomic E-state index is -0.471. The van der Waals surface area contributed by atoms with Crippen molar-refractivity contribution in [2.75, 3.05) is 13.2 Å². The van der Waals surface area contributed by atoms with E-state index >= 15 is 0 Å². The first kappa shape index (κ1) is 12.4. The summed E-state index contributed by atoms with van der Waals surface area (Å²) in [6, 6.07) is 5.37. The summed E-state index contributed by atoms with van der Waals surface area (Å²) in [6.45, 7) is 2.80. The van der Waals surface area contributed by atoms with Crippen LogP contribution in [-0.4, -0.2) is 24.1 Å². The molecule has 0 unspecified atom stereocenters. The van der Waals surface area contributed by atoms with Crippen molar-refractivity contribution in [3.05, 3.63) is 34.3 Å². The highest BCUT2D eigenvalue weighted by Gasteiger charge is 2.03. The van der Waals surface area contributed by atoms with Gasteiger partial charge in [-0.2, -0.15) is 0 Å². The molecule has 0 saturated heterocycles. The van der Waals surface area contributed by atoms with Crippen molar-refractivity contribution in [2.45, 2.75) is 13.5 Å². The second-order valence-electron chi connectivity index (χ2n) is 3.75. The number of carbonyl (C=O) groups is 1. The summed E-state index contributed by atoms with van der Waals surface area (Å²) in [5, 5.41) is 2.95. The van der Waals surface area contributed by atoms with Gasteiger partial charge in [0, 0.05) is 6.54 Å². The topological polar surface area (TPSA) is 84.3 Å². The van der Waals surface area contributed by atoms with E-state index in [1.54, 1.807) is 19.1 Å². The fourth-order valence-electron chi connectivity index (χ4n) is 1.62. The maximum Gasteiger partial charge on any atom is 0.417 e. The molecule has 0 spiro atoms. The predicted molar refractivity (Wildman–Crippen MR) is 65.2 cm³/mol. The molecule has 0 atom stereocenters. The first-order valence-corrected chi connectivity index (χ1v) is 5.67. The van der Waals surface area contributed by atoms with Crippen LogP contribution in [0.4, 0.5) is 0 Å². The quantitative estimate of drug-likeness (QED) is 0.766. The number of aromatic amines is 1. The Bertz CT molecular complexity index is 599. The van der Waals surface area contributed by atoms with Gasteiger partial charge in [0.15, 0.2) is 5.58 Å². The lowest BCUT2D eigenvalue weighted by atomic mass is 10.2. The molecule has 0 amide bonds. The van der Waals surface area contributed by atoms with Crippen LogP contribution in [0.1, 0.15) is 12.5 Å². The molecule has 0 fully saturated rings. The molecular weight excluding hydrogens is 236 g/mol. The number of fused-ring (bicyclic) bond motifs is 1. The van der Waals surface area contributed by atoms with Crippen molar-refractivity contribution in [3.8, 4) is 0 Å². The van der Waals surface area contributed by atoms with Crippen molar-refractivity contribution in [2.24, 2.45) is 0 Å². The summed E-state index contributed by atoms with van der Waals surface area (Å²) < 4.78 is 9.73. The van der Waals surface area contributed by atoms with E-state index in [1.807, 2.05) is 6.07 Å². The highest BCUT2D eigenvalue weighted by molar-refractivity contribution is 5.73. The van der Waals surface area contributed by atoms with Gasteiger partial charge in [-0.3, -0.25) is 9.78 Å². The number of H-pyrrole nitrogens is 1. The average Bonchev–Trinajstić information content (AvgIpc) is 2.69. The molecule has 6 nitrogen and oxygen atoms in total. The van der Waals surface area contributed by atoms with Crippen LogP contribution in [-0.2, 0) is 16.1 Å². The first-order chi connectivity index (χ1) is 8.69. The summed E-state index contributed by atoms with van der Waals surface area (Å²) in [6.07, 6.45) is 0. The van der Waals surface area contributed by atoms with E-state index in [9.17, 15) is 9.59 Å². The van der Waals surface area contributed by atoms with Crippen molar-refractivity contribution >= 4 is 17.1 Å². The van der Waals surface area contributed by atoms with Gasteiger partial charge < -0.3 is 14.5 Å². The zero-order valence-electron chi connectivity index (χ0n) is 9.99. The SMILES string of the molecule is CCOC(=O)CNCc1ccc2[nH]c(=O)oc2c1. The highest BCUT2D eigenvalue weighted by Crippen LogP contribution is 2.11. The number of carbonyl (C=O) groups excluding carboxylic acids is 1. The van der Waals surface area contributed by atoms with Crippen LogP contribution in [0.2, 0.25) is 0 Å². The molecule has 6 heteroatoms. The minimum Gasteiger partial charge on any atom is -0.465 e. The van der Waals surface area contributed by atoms with E-state index in [-0.39, 0.29) is 12.5 Å². The number of esters is 1. The van der Waals surface area contributed by atoms with Gasteiger partial charge in [-0.05, 0) is 24.6 Å². The molecule has 0 aliphatic heterocycles. The summed E-state index contributed by atoms with van der Waals surface area (Å²) in [7, 11) is 0. The van der Waals surface area contributed by atoms with Crippen LogP contribution in [0.15, 0.2) is 27.4 Å².